The van der Waals surface area contributed by atoms with Crippen molar-refractivity contribution in [1.29, 1.82) is 0 Å². The van der Waals surface area contributed by atoms with Gasteiger partial charge in [-0.3, -0.25) is 0 Å². The summed E-state index contributed by atoms with van der Waals surface area (Å²) in [5, 5.41) is 8.25. The van der Waals surface area contributed by atoms with Crippen LogP contribution in [0.25, 0.3) is 55.0 Å². The van der Waals surface area contributed by atoms with Crippen molar-refractivity contribution in [1.82, 2.24) is 5.32 Å². The number of para-hydroxylation sites is 1. The Balaban J connectivity index is 1.19. The van der Waals surface area contributed by atoms with E-state index in [-0.39, 0.29) is 6.17 Å². The minimum atomic E-state index is -0.294. The maximum absolute atomic E-state index is 6.49. The zero-order valence-corrected chi connectivity index (χ0v) is 25.5. The van der Waals surface area contributed by atoms with Crippen molar-refractivity contribution in [3.8, 4) is 22.3 Å². The maximum Gasteiger partial charge on any atom is 0.159 e. The third-order valence-corrected chi connectivity index (χ3v) is 8.92. The van der Waals surface area contributed by atoms with Crippen molar-refractivity contribution < 1.29 is 4.42 Å². The van der Waals surface area contributed by atoms with Crippen LogP contribution in [0.4, 0.5) is 0 Å². The minimum Gasteiger partial charge on any atom is -0.456 e. The Morgan fingerprint density at radius 1 is 0.489 bits per heavy atom. The van der Waals surface area contributed by atoms with Gasteiger partial charge in [-0.25, -0.2) is 9.98 Å². The Hall–Kier alpha value is -6.26. The lowest BCUT2D eigenvalue weighted by Gasteiger charge is -2.24. The lowest BCUT2D eigenvalue weighted by atomic mass is 9.95. The molecular formula is C43H29N3O. The molecule has 1 N–H and O–H groups in total. The molecule has 1 unspecified atom stereocenters. The van der Waals surface area contributed by atoms with Gasteiger partial charge in [0.15, 0.2) is 5.84 Å². The van der Waals surface area contributed by atoms with Crippen molar-refractivity contribution in [2.75, 3.05) is 0 Å². The second-order valence-corrected chi connectivity index (χ2v) is 11.9. The number of hydrogen-bond donors (Lipinski definition) is 1. The molecule has 9 rings (SSSR count). The fraction of sp³-hybridized carbons (Fsp3) is 0.0233. The molecule has 1 aliphatic heterocycles. The van der Waals surface area contributed by atoms with Crippen molar-refractivity contribution in [3.05, 3.63) is 180 Å². The monoisotopic (exact) mass is 603 g/mol. The highest BCUT2D eigenvalue weighted by atomic mass is 16.3. The molecule has 1 aromatic heterocycles. The Morgan fingerprint density at radius 3 is 1.96 bits per heavy atom. The second-order valence-electron chi connectivity index (χ2n) is 11.9. The van der Waals surface area contributed by atoms with E-state index in [4.69, 9.17) is 14.4 Å². The third kappa shape index (κ3) is 4.97. The van der Waals surface area contributed by atoms with Crippen LogP contribution in [0.2, 0.25) is 0 Å². The number of nitrogens with one attached hydrogen (secondary N) is 1. The van der Waals surface area contributed by atoms with Crippen LogP contribution in [0, 0.1) is 0 Å². The fourth-order valence-corrected chi connectivity index (χ4v) is 6.54. The number of furan rings is 1. The molecule has 0 saturated carbocycles. The topological polar surface area (TPSA) is 49.9 Å². The first-order valence-corrected chi connectivity index (χ1v) is 15.9. The van der Waals surface area contributed by atoms with Crippen LogP contribution in [-0.2, 0) is 0 Å². The summed E-state index contributed by atoms with van der Waals surface area (Å²) in [6.07, 6.45) is -0.294. The third-order valence-electron chi connectivity index (χ3n) is 8.92. The van der Waals surface area contributed by atoms with Gasteiger partial charge in [-0.1, -0.05) is 140 Å². The van der Waals surface area contributed by atoms with Crippen molar-refractivity contribution in [3.63, 3.8) is 0 Å². The summed E-state index contributed by atoms with van der Waals surface area (Å²) in [5.41, 5.74) is 9.23. The van der Waals surface area contributed by atoms with Crippen LogP contribution in [0.3, 0.4) is 0 Å². The molecule has 4 heteroatoms. The standard InChI is InChI=1S/C43H29N3O/c1-3-12-31(13-4-1)41-44-42(32-14-5-2-6-15-32)46-43(45-41)37-26-35(27-39-40(37)36-17-9-10-18-38(36)47-39)30-21-19-29(20-22-30)34-24-23-28-11-7-8-16-33(28)25-34/h1-27,41H,(H,44,45,46). The van der Waals surface area contributed by atoms with Crippen LogP contribution < -0.4 is 5.32 Å². The van der Waals surface area contributed by atoms with Crippen molar-refractivity contribution in [2.24, 2.45) is 9.98 Å². The molecule has 0 bridgehead atoms. The molecule has 1 atom stereocenters. The molecule has 47 heavy (non-hydrogen) atoms. The minimum absolute atomic E-state index is 0.294. The lowest BCUT2D eigenvalue weighted by Crippen LogP contribution is -2.33. The molecule has 0 amide bonds. The van der Waals surface area contributed by atoms with Gasteiger partial charge in [0, 0.05) is 21.9 Å². The molecular weight excluding hydrogens is 574 g/mol. The molecule has 0 spiro atoms. The Morgan fingerprint density at radius 2 is 1.15 bits per heavy atom. The van der Waals surface area contributed by atoms with Gasteiger partial charge < -0.3 is 9.73 Å². The lowest BCUT2D eigenvalue weighted by molar-refractivity contribution is 0.668. The zero-order chi connectivity index (χ0) is 31.2. The number of hydrogen-bond acceptors (Lipinski definition) is 4. The van der Waals surface area contributed by atoms with Crippen LogP contribution in [0.1, 0.15) is 22.9 Å². The largest absolute Gasteiger partial charge is 0.456 e. The Kier molecular flexibility index (Phi) is 6.50. The molecule has 1 aliphatic rings. The Bertz CT molecular complexity index is 2480. The first kappa shape index (κ1) is 27.1. The predicted molar refractivity (Wildman–Crippen MR) is 194 cm³/mol. The quantitative estimate of drug-likeness (QED) is 0.213. The van der Waals surface area contributed by atoms with E-state index in [0.717, 1.165) is 55.6 Å². The maximum atomic E-state index is 6.49. The van der Waals surface area contributed by atoms with Gasteiger partial charge in [0.1, 0.15) is 23.2 Å². The van der Waals surface area contributed by atoms with Crippen LogP contribution in [0.15, 0.2) is 178 Å². The second kappa shape index (κ2) is 11.3. The number of amidine groups is 2. The van der Waals surface area contributed by atoms with E-state index >= 15 is 0 Å². The molecule has 2 heterocycles. The van der Waals surface area contributed by atoms with Crippen LogP contribution in [-0.4, -0.2) is 11.7 Å². The van der Waals surface area contributed by atoms with Crippen LogP contribution in [0.5, 0.6) is 0 Å². The summed E-state index contributed by atoms with van der Waals surface area (Å²) in [5.74, 6) is 1.46. The predicted octanol–water partition coefficient (Wildman–Crippen LogP) is 10.6. The first-order chi connectivity index (χ1) is 23.3. The highest BCUT2D eigenvalue weighted by Crippen LogP contribution is 2.37. The summed E-state index contributed by atoms with van der Waals surface area (Å²) in [7, 11) is 0. The van der Waals surface area contributed by atoms with Gasteiger partial charge in [-0.05, 0) is 62.9 Å². The van der Waals surface area contributed by atoms with Gasteiger partial charge in [-0.15, -0.1) is 0 Å². The summed E-state index contributed by atoms with van der Waals surface area (Å²) in [6, 6.07) is 57.0. The van der Waals surface area contributed by atoms with E-state index in [0.29, 0.717) is 5.84 Å². The number of benzene rings is 7. The van der Waals surface area contributed by atoms with E-state index in [2.05, 4.69) is 121 Å². The molecule has 4 nitrogen and oxygen atoms in total. The van der Waals surface area contributed by atoms with Gasteiger partial charge in [0.2, 0.25) is 0 Å². The SMILES string of the molecule is c1ccc(C2=NC(c3ccccc3)NC(c3cc(-c4ccc(-c5ccc6ccccc6c5)cc4)cc4oc5ccccc5c34)=N2)cc1. The zero-order valence-electron chi connectivity index (χ0n) is 25.5. The van der Waals surface area contributed by atoms with Gasteiger partial charge >= 0.3 is 0 Å². The highest BCUT2D eigenvalue weighted by molar-refractivity contribution is 6.22. The smallest absolute Gasteiger partial charge is 0.159 e. The summed E-state index contributed by atoms with van der Waals surface area (Å²) >= 11 is 0. The van der Waals surface area contributed by atoms with E-state index in [9.17, 15) is 0 Å². The summed E-state index contributed by atoms with van der Waals surface area (Å²) < 4.78 is 6.49. The highest BCUT2D eigenvalue weighted by Gasteiger charge is 2.24. The summed E-state index contributed by atoms with van der Waals surface area (Å²) in [6.45, 7) is 0. The van der Waals surface area contributed by atoms with Gasteiger partial charge in [0.25, 0.3) is 0 Å². The molecule has 0 saturated heterocycles. The molecule has 222 valence electrons. The molecule has 8 aromatic rings. The molecule has 0 radical (unpaired) electrons. The van der Waals surface area contributed by atoms with Crippen molar-refractivity contribution >= 4 is 44.4 Å². The average molecular weight is 604 g/mol. The summed E-state index contributed by atoms with van der Waals surface area (Å²) in [4.78, 5) is 10.2. The van der Waals surface area contributed by atoms with E-state index < -0.39 is 0 Å². The van der Waals surface area contributed by atoms with Crippen LogP contribution >= 0.6 is 0 Å². The fourth-order valence-electron chi connectivity index (χ4n) is 6.54. The number of rotatable bonds is 5. The number of nitrogens with zero attached hydrogens (tertiary/aromatic N) is 2. The first-order valence-electron chi connectivity index (χ1n) is 15.9. The van der Waals surface area contributed by atoms with Gasteiger partial charge in [-0.2, -0.15) is 0 Å². The van der Waals surface area contributed by atoms with E-state index in [1.807, 2.05) is 48.5 Å². The number of aliphatic imine (C=N–C) groups is 2. The number of fused-ring (bicyclic) bond motifs is 4. The average Bonchev–Trinajstić information content (AvgIpc) is 3.53. The van der Waals surface area contributed by atoms with E-state index in [1.54, 1.807) is 0 Å². The molecule has 7 aromatic carbocycles. The van der Waals surface area contributed by atoms with Crippen molar-refractivity contribution in [2.45, 2.75) is 6.17 Å². The normalized spacial score (nSPS) is 14.6. The van der Waals surface area contributed by atoms with E-state index in [1.165, 1.54) is 21.9 Å². The Labute approximate surface area is 272 Å². The molecule has 0 fully saturated rings. The molecule has 0 aliphatic carbocycles. The van der Waals surface area contributed by atoms with Gasteiger partial charge in [0.05, 0.1) is 0 Å².